The van der Waals surface area contributed by atoms with Gasteiger partial charge in [-0.15, -0.1) is 0 Å². The smallest absolute Gasteiger partial charge is 0.486 e. The number of aliphatic carboxylic acids is 1. The van der Waals surface area contributed by atoms with Crippen LogP contribution in [0.2, 0.25) is 0 Å². The fraction of sp³-hybridized carbons (Fsp3) is 0.455. The number of alkyl halides is 3. The number of carbonyl (C=O) groups excluding carboxylic acids is 2. The van der Waals surface area contributed by atoms with Crippen molar-refractivity contribution in [3.63, 3.8) is 0 Å². The second-order valence-corrected chi connectivity index (χ2v) is 7.41. The molecule has 0 aliphatic carbocycles. The minimum atomic E-state index is -5.08. The van der Waals surface area contributed by atoms with Crippen molar-refractivity contribution in [1.29, 1.82) is 0 Å². The zero-order valence-corrected chi connectivity index (χ0v) is 19.5. The van der Waals surface area contributed by atoms with Crippen LogP contribution in [0.1, 0.15) is 29.6 Å². The number of carbonyl (C=O) groups is 3. The number of ether oxygens (including phenoxy) is 2. The Bertz CT molecular complexity index is 990. The third-order valence-corrected chi connectivity index (χ3v) is 4.69. The van der Waals surface area contributed by atoms with Crippen molar-refractivity contribution in [3.8, 4) is 5.75 Å². The van der Waals surface area contributed by atoms with Gasteiger partial charge in [0.2, 0.25) is 5.91 Å². The molecule has 1 fully saturated rings. The molecule has 0 spiro atoms. The number of carboxylic acid groups (broad SMARTS) is 1. The third-order valence-electron chi connectivity index (χ3n) is 4.69. The van der Waals surface area contributed by atoms with E-state index in [4.69, 9.17) is 23.9 Å². The molecule has 14 heteroatoms. The molecule has 2 aromatic rings. The van der Waals surface area contributed by atoms with Crippen LogP contribution in [-0.2, 0) is 20.9 Å². The predicted octanol–water partition coefficient (Wildman–Crippen LogP) is 2.30. The van der Waals surface area contributed by atoms with E-state index in [0.29, 0.717) is 30.2 Å². The van der Waals surface area contributed by atoms with Crippen LogP contribution in [-0.4, -0.2) is 78.5 Å². The number of anilines is 1. The molecule has 198 valence electrons. The fourth-order valence-corrected chi connectivity index (χ4v) is 2.77. The van der Waals surface area contributed by atoms with Crippen molar-refractivity contribution >= 4 is 23.5 Å². The first-order valence-electron chi connectivity index (χ1n) is 10.9. The van der Waals surface area contributed by atoms with Crippen LogP contribution in [0.4, 0.5) is 18.9 Å². The zero-order valence-electron chi connectivity index (χ0n) is 19.5. The van der Waals surface area contributed by atoms with Crippen molar-refractivity contribution in [2.24, 2.45) is 0 Å². The first-order chi connectivity index (χ1) is 17.1. The largest absolute Gasteiger partial charge is 0.490 e. The second-order valence-electron chi connectivity index (χ2n) is 7.41. The highest BCUT2D eigenvalue weighted by Gasteiger charge is 2.38. The van der Waals surface area contributed by atoms with Crippen LogP contribution in [0.5, 0.6) is 5.75 Å². The molecule has 2 amide bonds. The maximum absolute atomic E-state index is 12.2. The summed E-state index contributed by atoms with van der Waals surface area (Å²) in [6.07, 6.45) is -4.66. The Morgan fingerprint density at radius 3 is 2.39 bits per heavy atom. The summed E-state index contributed by atoms with van der Waals surface area (Å²) in [6.45, 7) is 6.49. The van der Waals surface area contributed by atoms with Gasteiger partial charge in [0.05, 0.1) is 13.2 Å². The molecule has 3 N–H and O–H groups in total. The highest BCUT2D eigenvalue weighted by atomic mass is 19.4. The summed E-state index contributed by atoms with van der Waals surface area (Å²) in [5, 5.41) is 16.5. The van der Waals surface area contributed by atoms with Crippen molar-refractivity contribution in [2.45, 2.75) is 26.1 Å². The van der Waals surface area contributed by atoms with Gasteiger partial charge >= 0.3 is 12.1 Å². The first-order valence-corrected chi connectivity index (χ1v) is 10.9. The molecule has 1 aromatic heterocycles. The lowest BCUT2D eigenvalue weighted by molar-refractivity contribution is -0.192. The number of amides is 2. The van der Waals surface area contributed by atoms with Crippen LogP contribution in [0.25, 0.3) is 0 Å². The predicted molar refractivity (Wildman–Crippen MR) is 119 cm³/mol. The molecule has 1 aromatic carbocycles. The van der Waals surface area contributed by atoms with Crippen molar-refractivity contribution in [3.05, 3.63) is 41.8 Å². The number of nitrogens with zero attached hydrogens (tertiary/aromatic N) is 2. The number of hydrogen-bond donors (Lipinski definition) is 3. The number of halogens is 3. The third kappa shape index (κ3) is 10.3. The maximum Gasteiger partial charge on any atom is 0.490 e. The van der Waals surface area contributed by atoms with Crippen molar-refractivity contribution in [2.75, 3.05) is 44.7 Å². The van der Waals surface area contributed by atoms with E-state index < -0.39 is 12.1 Å². The van der Waals surface area contributed by atoms with E-state index >= 15 is 0 Å². The topological polar surface area (TPSA) is 143 Å². The summed E-state index contributed by atoms with van der Waals surface area (Å²) in [4.78, 5) is 34.7. The van der Waals surface area contributed by atoms with Gasteiger partial charge in [0.25, 0.3) is 5.91 Å². The molecule has 3 rings (SSSR count). The first kappa shape index (κ1) is 28.6. The Morgan fingerprint density at radius 1 is 1.17 bits per heavy atom. The van der Waals surface area contributed by atoms with E-state index in [0.717, 1.165) is 32.8 Å². The van der Waals surface area contributed by atoms with Gasteiger partial charge < -0.3 is 29.7 Å². The number of carboxylic acids is 1. The van der Waals surface area contributed by atoms with Gasteiger partial charge in [0.15, 0.2) is 11.5 Å². The maximum atomic E-state index is 12.2. The van der Waals surface area contributed by atoms with Crippen LogP contribution in [0, 0.1) is 0 Å². The van der Waals surface area contributed by atoms with Crippen LogP contribution in [0.15, 0.2) is 34.9 Å². The fourth-order valence-electron chi connectivity index (χ4n) is 2.77. The summed E-state index contributed by atoms with van der Waals surface area (Å²) >= 11 is 0. The number of nitrogens with one attached hydrogen (secondary N) is 2. The minimum Gasteiger partial charge on any atom is -0.486 e. The molecule has 36 heavy (non-hydrogen) atoms. The molecular weight excluding hydrogens is 489 g/mol. The van der Waals surface area contributed by atoms with Gasteiger partial charge in [-0.1, -0.05) is 12.1 Å². The van der Waals surface area contributed by atoms with Crippen LogP contribution in [0.3, 0.4) is 0 Å². The molecule has 2 heterocycles. The standard InChI is InChI=1S/C20H26N4O5.C2HF3O2/c1-2-19(25)22-15-3-5-16(6-4-15)28-14-17-13-18(23-29-17)20(26)21-7-8-24-9-11-27-12-10-24;3-2(4,5)1(6)7/h3-6,13H,2,7-12,14H2,1H3,(H,21,26)(H,22,25);(H,6,7). The molecule has 0 bridgehead atoms. The molecule has 0 saturated carbocycles. The number of rotatable bonds is 9. The Morgan fingerprint density at radius 2 is 1.81 bits per heavy atom. The Labute approximate surface area is 204 Å². The minimum absolute atomic E-state index is 0.0453. The second kappa shape index (κ2) is 14.0. The lowest BCUT2D eigenvalue weighted by atomic mass is 10.3. The summed E-state index contributed by atoms with van der Waals surface area (Å²) in [5.41, 5.74) is 0.933. The molecule has 1 saturated heterocycles. The molecule has 0 radical (unpaired) electrons. The number of hydrogen-bond acceptors (Lipinski definition) is 8. The van der Waals surface area contributed by atoms with Gasteiger partial charge in [-0.2, -0.15) is 13.2 Å². The molecule has 11 nitrogen and oxygen atoms in total. The summed E-state index contributed by atoms with van der Waals surface area (Å²) in [6, 6.07) is 8.59. The number of morpholine rings is 1. The quantitative estimate of drug-likeness (QED) is 0.457. The summed E-state index contributed by atoms with van der Waals surface area (Å²) in [5.74, 6) is -2.01. The van der Waals surface area contributed by atoms with Crippen LogP contribution >= 0.6 is 0 Å². The van der Waals surface area contributed by atoms with E-state index in [1.54, 1.807) is 37.3 Å². The van der Waals surface area contributed by atoms with E-state index in [2.05, 4.69) is 20.7 Å². The van der Waals surface area contributed by atoms with Gasteiger partial charge in [-0.25, -0.2) is 4.79 Å². The molecule has 0 unspecified atom stereocenters. The Hall–Kier alpha value is -3.65. The zero-order chi connectivity index (χ0) is 26.6. The van der Waals surface area contributed by atoms with Gasteiger partial charge in [0.1, 0.15) is 12.4 Å². The van der Waals surface area contributed by atoms with E-state index in [-0.39, 0.29) is 24.1 Å². The number of aromatic nitrogens is 1. The lowest BCUT2D eigenvalue weighted by Crippen LogP contribution is -2.41. The summed E-state index contributed by atoms with van der Waals surface area (Å²) < 4.78 is 47.8. The van der Waals surface area contributed by atoms with E-state index in [1.807, 2.05) is 0 Å². The van der Waals surface area contributed by atoms with Gasteiger partial charge in [-0.3, -0.25) is 14.5 Å². The van der Waals surface area contributed by atoms with E-state index in [9.17, 15) is 22.8 Å². The molecule has 1 aliphatic rings. The Kier molecular flexibility index (Phi) is 11.1. The average molecular weight is 516 g/mol. The van der Waals surface area contributed by atoms with Gasteiger partial charge in [0, 0.05) is 44.4 Å². The monoisotopic (exact) mass is 516 g/mol. The normalized spacial score (nSPS) is 13.8. The highest BCUT2D eigenvalue weighted by Crippen LogP contribution is 2.17. The van der Waals surface area contributed by atoms with Gasteiger partial charge in [-0.05, 0) is 24.3 Å². The van der Waals surface area contributed by atoms with Crippen LogP contribution < -0.4 is 15.4 Å². The molecular formula is C22H27F3N4O7. The average Bonchev–Trinajstić information content (AvgIpc) is 3.33. The summed E-state index contributed by atoms with van der Waals surface area (Å²) in [7, 11) is 0. The van der Waals surface area contributed by atoms with E-state index in [1.165, 1.54) is 0 Å². The molecule has 0 atom stereocenters. The number of benzene rings is 1. The SMILES string of the molecule is CCC(=O)Nc1ccc(OCc2cc(C(=O)NCCN3CCOCC3)no2)cc1.O=C(O)C(F)(F)F. The highest BCUT2D eigenvalue weighted by molar-refractivity contribution is 5.92. The lowest BCUT2D eigenvalue weighted by Gasteiger charge is -2.26. The Balaban J connectivity index is 0.000000572. The van der Waals surface area contributed by atoms with Crippen molar-refractivity contribution in [1.82, 2.24) is 15.4 Å². The van der Waals surface area contributed by atoms with Crippen molar-refractivity contribution < 1.29 is 46.7 Å². The molecule has 1 aliphatic heterocycles.